The van der Waals surface area contributed by atoms with Crippen LogP contribution in [0.25, 0.3) is 0 Å². The summed E-state index contributed by atoms with van der Waals surface area (Å²) in [5.41, 5.74) is 8.41. The average molecular weight is 385 g/mol. The van der Waals surface area contributed by atoms with E-state index in [1.165, 1.54) is 5.69 Å². The Morgan fingerprint density at radius 3 is 2.54 bits per heavy atom. The van der Waals surface area contributed by atoms with Gasteiger partial charge in [0.05, 0.1) is 0 Å². The van der Waals surface area contributed by atoms with Crippen molar-refractivity contribution in [3.05, 3.63) is 36.0 Å². The third-order valence-corrected chi connectivity index (χ3v) is 4.80. The van der Waals surface area contributed by atoms with Crippen LogP contribution >= 0.6 is 0 Å². The van der Waals surface area contributed by atoms with E-state index in [9.17, 15) is 4.79 Å². The molecule has 1 fully saturated rings. The fourth-order valence-corrected chi connectivity index (χ4v) is 2.96. The molecule has 3 rings (SSSR count). The first-order valence-corrected chi connectivity index (χ1v) is 9.32. The number of hydrogen-bond acceptors (Lipinski definition) is 8. The highest BCUT2D eigenvalue weighted by molar-refractivity contribution is 5.76. The minimum Gasteiger partial charge on any atom is -0.480 e. The van der Waals surface area contributed by atoms with Gasteiger partial charge in [-0.1, -0.05) is 0 Å². The Morgan fingerprint density at radius 2 is 1.93 bits per heavy atom. The molecular formula is C19H27N7O2. The van der Waals surface area contributed by atoms with Crippen LogP contribution in [0.1, 0.15) is 12.5 Å². The third-order valence-electron chi connectivity index (χ3n) is 4.80. The van der Waals surface area contributed by atoms with Crippen LogP contribution in [0.3, 0.4) is 0 Å². The van der Waals surface area contributed by atoms with Gasteiger partial charge in [0.15, 0.2) is 0 Å². The zero-order chi connectivity index (χ0) is 20.1. The predicted molar refractivity (Wildman–Crippen MR) is 110 cm³/mol. The van der Waals surface area contributed by atoms with Gasteiger partial charge in [-0.3, -0.25) is 4.79 Å². The van der Waals surface area contributed by atoms with Crippen molar-refractivity contribution in [1.29, 1.82) is 0 Å². The van der Waals surface area contributed by atoms with E-state index in [0.717, 1.165) is 31.9 Å². The number of anilines is 4. The SMILES string of the molecule is C[C@H](Nc1nc(Nc2ccc(N3CCN(C)CC3)cc2)ncc1CN)C(=O)O. The Kier molecular flexibility index (Phi) is 6.27. The molecule has 0 aliphatic carbocycles. The van der Waals surface area contributed by atoms with Crippen LogP contribution in [0, 0.1) is 0 Å². The van der Waals surface area contributed by atoms with Gasteiger partial charge in [-0.2, -0.15) is 4.98 Å². The highest BCUT2D eigenvalue weighted by Crippen LogP contribution is 2.22. The first-order chi connectivity index (χ1) is 13.5. The van der Waals surface area contributed by atoms with E-state index in [4.69, 9.17) is 10.8 Å². The van der Waals surface area contributed by atoms with Crippen LogP contribution in [-0.2, 0) is 11.3 Å². The minimum atomic E-state index is -0.962. The molecular weight excluding hydrogens is 358 g/mol. The Bertz CT molecular complexity index is 804. The zero-order valence-electron chi connectivity index (χ0n) is 16.2. The summed E-state index contributed by atoms with van der Waals surface area (Å²) < 4.78 is 0. The highest BCUT2D eigenvalue weighted by Gasteiger charge is 2.16. The van der Waals surface area contributed by atoms with Crippen LogP contribution in [0.2, 0.25) is 0 Å². The lowest BCUT2D eigenvalue weighted by atomic mass is 10.2. The number of nitrogens with two attached hydrogens (primary N) is 1. The molecule has 0 bridgehead atoms. The van der Waals surface area contributed by atoms with Crippen LogP contribution in [0.15, 0.2) is 30.5 Å². The van der Waals surface area contributed by atoms with E-state index in [-0.39, 0.29) is 6.54 Å². The van der Waals surface area contributed by atoms with Gasteiger partial charge in [-0.15, -0.1) is 0 Å². The number of carbonyl (C=O) groups is 1. The summed E-state index contributed by atoms with van der Waals surface area (Å²) in [6.45, 7) is 5.93. The molecule has 0 amide bonds. The molecule has 2 heterocycles. The summed E-state index contributed by atoms with van der Waals surface area (Å²) in [4.78, 5) is 24.5. The second-order valence-electron chi connectivity index (χ2n) is 6.94. The molecule has 2 aromatic rings. The lowest BCUT2D eigenvalue weighted by Gasteiger charge is -2.34. The standard InChI is InChI=1S/C19H27N7O2/c1-13(18(27)28)22-17-14(11-20)12-21-19(24-17)23-15-3-5-16(6-4-15)26-9-7-25(2)8-10-26/h3-6,12-13H,7-11,20H2,1-2H3,(H,27,28)(H2,21,22,23,24)/t13-/m0/s1. The molecule has 0 radical (unpaired) electrons. The first kappa shape index (κ1) is 19.8. The molecule has 5 N–H and O–H groups in total. The summed E-state index contributed by atoms with van der Waals surface area (Å²) in [5, 5.41) is 15.1. The van der Waals surface area contributed by atoms with Crippen LogP contribution in [-0.4, -0.2) is 65.2 Å². The molecule has 1 aromatic carbocycles. The fraction of sp³-hybridized carbons (Fsp3) is 0.421. The summed E-state index contributed by atoms with van der Waals surface area (Å²) in [6, 6.07) is 7.35. The highest BCUT2D eigenvalue weighted by atomic mass is 16.4. The Hall–Kier alpha value is -2.91. The Labute approximate surface area is 164 Å². The zero-order valence-corrected chi connectivity index (χ0v) is 16.2. The number of hydrogen-bond donors (Lipinski definition) is 4. The quantitative estimate of drug-likeness (QED) is 0.559. The van der Waals surface area contributed by atoms with Gasteiger partial charge in [0, 0.05) is 55.9 Å². The smallest absolute Gasteiger partial charge is 0.325 e. The van der Waals surface area contributed by atoms with Crippen molar-refractivity contribution in [2.24, 2.45) is 5.73 Å². The van der Waals surface area contributed by atoms with E-state index in [1.54, 1.807) is 13.1 Å². The predicted octanol–water partition coefficient (Wildman–Crippen LogP) is 1.32. The van der Waals surface area contributed by atoms with Crippen molar-refractivity contribution in [3.8, 4) is 0 Å². The number of benzene rings is 1. The molecule has 0 spiro atoms. The number of piperazine rings is 1. The van der Waals surface area contributed by atoms with Gasteiger partial charge in [-0.25, -0.2) is 4.98 Å². The molecule has 28 heavy (non-hydrogen) atoms. The van der Waals surface area contributed by atoms with Crippen molar-refractivity contribution >= 4 is 29.1 Å². The normalized spacial score (nSPS) is 15.9. The van der Waals surface area contributed by atoms with E-state index in [1.807, 2.05) is 12.1 Å². The van der Waals surface area contributed by atoms with E-state index >= 15 is 0 Å². The second-order valence-corrected chi connectivity index (χ2v) is 6.94. The van der Waals surface area contributed by atoms with Crippen molar-refractivity contribution in [2.45, 2.75) is 19.5 Å². The number of carboxylic acids is 1. The summed E-state index contributed by atoms with van der Waals surface area (Å²) in [6.07, 6.45) is 1.60. The molecule has 1 aromatic heterocycles. The first-order valence-electron chi connectivity index (χ1n) is 9.32. The molecule has 1 aliphatic rings. The second kappa shape index (κ2) is 8.85. The van der Waals surface area contributed by atoms with Crippen molar-refractivity contribution in [1.82, 2.24) is 14.9 Å². The monoisotopic (exact) mass is 385 g/mol. The van der Waals surface area contributed by atoms with Crippen molar-refractivity contribution in [2.75, 3.05) is 48.8 Å². The van der Waals surface area contributed by atoms with E-state index in [2.05, 4.69) is 49.6 Å². The maximum absolute atomic E-state index is 11.1. The number of rotatable bonds is 7. The largest absolute Gasteiger partial charge is 0.480 e. The van der Waals surface area contributed by atoms with Gasteiger partial charge >= 0.3 is 5.97 Å². The Balaban J connectivity index is 1.70. The van der Waals surface area contributed by atoms with Gasteiger partial charge < -0.3 is 31.3 Å². The summed E-state index contributed by atoms with van der Waals surface area (Å²) in [7, 11) is 2.14. The number of likely N-dealkylation sites (N-methyl/N-ethyl adjacent to an activating group) is 1. The average Bonchev–Trinajstić information content (AvgIpc) is 2.69. The topological polar surface area (TPSA) is 120 Å². The maximum atomic E-state index is 11.1. The molecule has 1 saturated heterocycles. The van der Waals surface area contributed by atoms with Crippen LogP contribution in [0.5, 0.6) is 0 Å². The lowest BCUT2D eigenvalue weighted by Crippen LogP contribution is -2.44. The van der Waals surface area contributed by atoms with Gasteiger partial charge in [-0.05, 0) is 38.2 Å². The molecule has 1 aliphatic heterocycles. The van der Waals surface area contributed by atoms with Gasteiger partial charge in [0.2, 0.25) is 5.95 Å². The molecule has 9 nitrogen and oxygen atoms in total. The van der Waals surface area contributed by atoms with E-state index < -0.39 is 12.0 Å². The molecule has 0 unspecified atom stereocenters. The summed E-state index contributed by atoms with van der Waals surface area (Å²) >= 11 is 0. The van der Waals surface area contributed by atoms with Crippen LogP contribution < -0.4 is 21.3 Å². The van der Waals surface area contributed by atoms with E-state index in [0.29, 0.717) is 17.3 Å². The summed E-state index contributed by atoms with van der Waals surface area (Å²) in [5.74, 6) is -0.163. The molecule has 150 valence electrons. The maximum Gasteiger partial charge on any atom is 0.325 e. The van der Waals surface area contributed by atoms with Crippen molar-refractivity contribution < 1.29 is 9.90 Å². The number of carboxylic acid groups (broad SMARTS) is 1. The van der Waals surface area contributed by atoms with Crippen molar-refractivity contribution in [3.63, 3.8) is 0 Å². The van der Waals surface area contributed by atoms with Gasteiger partial charge in [0.1, 0.15) is 11.9 Å². The minimum absolute atomic E-state index is 0.217. The number of aliphatic carboxylic acids is 1. The number of nitrogens with zero attached hydrogens (tertiary/aromatic N) is 4. The molecule has 9 heteroatoms. The fourth-order valence-electron chi connectivity index (χ4n) is 2.96. The number of nitrogens with one attached hydrogen (secondary N) is 2. The molecule has 1 atom stereocenters. The Morgan fingerprint density at radius 1 is 1.25 bits per heavy atom. The van der Waals surface area contributed by atoms with Crippen LogP contribution in [0.4, 0.5) is 23.1 Å². The third kappa shape index (κ3) is 4.87. The van der Waals surface area contributed by atoms with Gasteiger partial charge in [0.25, 0.3) is 0 Å². The number of aromatic nitrogens is 2. The molecule has 0 saturated carbocycles. The lowest BCUT2D eigenvalue weighted by molar-refractivity contribution is -0.137.